The summed E-state index contributed by atoms with van der Waals surface area (Å²) < 4.78 is 0. The van der Waals surface area contributed by atoms with Gasteiger partial charge in [-0.15, -0.1) is 0 Å². The minimum absolute atomic E-state index is 0.104. The number of nitrogens with one attached hydrogen (secondary N) is 3. The molecule has 0 atom stereocenters. The van der Waals surface area contributed by atoms with E-state index in [0.717, 1.165) is 21.9 Å². The molecule has 0 saturated carbocycles. The fourth-order valence-electron chi connectivity index (χ4n) is 3.19. The number of para-hydroxylation sites is 1. The molecular weight excluding hydrogens is 388 g/mol. The second-order valence-corrected chi connectivity index (χ2v) is 7.71. The number of benzene rings is 1. The average Bonchev–Trinajstić information content (AvgIpc) is 3.11. The second-order valence-electron chi connectivity index (χ2n) is 7.27. The third-order valence-corrected chi connectivity index (χ3v) is 4.88. The Hall–Kier alpha value is -3.19. The number of amides is 1. The Balaban J connectivity index is 1.87. The van der Waals surface area contributed by atoms with Crippen LogP contribution in [0.2, 0.25) is 5.02 Å². The molecule has 0 unspecified atom stereocenters. The van der Waals surface area contributed by atoms with E-state index in [1.54, 1.807) is 6.20 Å². The summed E-state index contributed by atoms with van der Waals surface area (Å²) in [6.07, 6.45) is 3.41. The van der Waals surface area contributed by atoms with Crippen molar-refractivity contribution in [1.82, 2.24) is 25.3 Å². The highest BCUT2D eigenvalue weighted by Gasteiger charge is 2.28. The highest BCUT2D eigenvalue weighted by atomic mass is 35.5. The zero-order chi connectivity index (χ0) is 20.6. The van der Waals surface area contributed by atoms with Crippen LogP contribution in [0, 0.1) is 0 Å². The van der Waals surface area contributed by atoms with Gasteiger partial charge in [0, 0.05) is 35.3 Å². The lowest BCUT2D eigenvalue weighted by Crippen LogP contribution is -2.48. The standard InChI is InChI=1S/C21H21ClN6O/c1-4-23-20(29)21(2,3)28-19-13-7-5-6-8-16(13)26-18(27-19)15-11-25-17-14(15)9-12(22)10-24-17/h5-11H,4H2,1-3H3,(H,23,29)(H,24,25)(H,26,27,28). The molecule has 4 aromatic rings. The van der Waals surface area contributed by atoms with Crippen LogP contribution >= 0.6 is 11.6 Å². The largest absolute Gasteiger partial charge is 0.356 e. The van der Waals surface area contributed by atoms with Gasteiger partial charge in [0.2, 0.25) is 5.91 Å². The highest BCUT2D eigenvalue weighted by Crippen LogP contribution is 2.31. The number of fused-ring (bicyclic) bond motifs is 2. The summed E-state index contributed by atoms with van der Waals surface area (Å²) in [5, 5.41) is 8.36. The zero-order valence-electron chi connectivity index (χ0n) is 16.4. The summed E-state index contributed by atoms with van der Waals surface area (Å²) >= 11 is 6.14. The maximum atomic E-state index is 12.5. The van der Waals surface area contributed by atoms with Gasteiger partial charge in [0.05, 0.1) is 10.5 Å². The molecule has 0 fully saturated rings. The van der Waals surface area contributed by atoms with Crippen molar-refractivity contribution in [1.29, 1.82) is 0 Å². The summed E-state index contributed by atoms with van der Waals surface area (Å²) in [4.78, 5) is 29.4. The molecule has 29 heavy (non-hydrogen) atoms. The molecule has 3 N–H and O–H groups in total. The highest BCUT2D eigenvalue weighted by molar-refractivity contribution is 6.31. The van der Waals surface area contributed by atoms with Gasteiger partial charge in [-0.1, -0.05) is 23.7 Å². The molecular formula is C21H21ClN6O. The van der Waals surface area contributed by atoms with E-state index >= 15 is 0 Å². The van der Waals surface area contributed by atoms with Crippen LogP contribution in [0.4, 0.5) is 5.82 Å². The van der Waals surface area contributed by atoms with Crippen molar-refractivity contribution in [3.8, 4) is 11.4 Å². The summed E-state index contributed by atoms with van der Waals surface area (Å²) in [5.41, 5.74) is 1.42. The minimum atomic E-state index is -0.852. The van der Waals surface area contributed by atoms with Crippen LogP contribution in [0.1, 0.15) is 20.8 Å². The number of pyridine rings is 1. The third kappa shape index (κ3) is 3.61. The fourth-order valence-corrected chi connectivity index (χ4v) is 3.35. The van der Waals surface area contributed by atoms with Gasteiger partial charge in [0.1, 0.15) is 17.0 Å². The first-order chi connectivity index (χ1) is 13.9. The zero-order valence-corrected chi connectivity index (χ0v) is 17.1. The normalized spacial score (nSPS) is 11.7. The van der Waals surface area contributed by atoms with Crippen LogP contribution in [0.15, 0.2) is 42.7 Å². The Morgan fingerprint density at radius 2 is 2.00 bits per heavy atom. The predicted molar refractivity (Wildman–Crippen MR) is 116 cm³/mol. The maximum Gasteiger partial charge on any atom is 0.245 e. The van der Waals surface area contributed by atoms with Crippen LogP contribution in [0.25, 0.3) is 33.3 Å². The molecule has 8 heteroatoms. The number of hydrogen-bond acceptors (Lipinski definition) is 5. The van der Waals surface area contributed by atoms with Gasteiger partial charge in [-0.05, 0) is 39.0 Å². The van der Waals surface area contributed by atoms with Gasteiger partial charge in [-0.25, -0.2) is 15.0 Å². The first-order valence-corrected chi connectivity index (χ1v) is 9.73. The number of likely N-dealkylation sites (N-methyl/N-ethyl adjacent to an activating group) is 1. The van der Waals surface area contributed by atoms with Gasteiger partial charge in [-0.2, -0.15) is 0 Å². The SMILES string of the molecule is CCNC(=O)C(C)(C)Nc1nc(-c2c[nH]c3ncc(Cl)cc23)nc2ccccc12. The molecule has 1 amide bonds. The topological polar surface area (TPSA) is 95.6 Å². The smallest absolute Gasteiger partial charge is 0.245 e. The number of anilines is 1. The van der Waals surface area contributed by atoms with E-state index in [2.05, 4.69) is 20.6 Å². The van der Waals surface area contributed by atoms with Crippen molar-refractivity contribution in [2.24, 2.45) is 0 Å². The molecule has 0 aliphatic carbocycles. The average molecular weight is 409 g/mol. The molecule has 0 radical (unpaired) electrons. The molecule has 0 spiro atoms. The van der Waals surface area contributed by atoms with Gasteiger partial charge < -0.3 is 15.6 Å². The molecule has 7 nitrogen and oxygen atoms in total. The van der Waals surface area contributed by atoms with Crippen LogP contribution in [-0.4, -0.2) is 37.9 Å². The van der Waals surface area contributed by atoms with Crippen LogP contribution < -0.4 is 10.6 Å². The molecule has 0 saturated heterocycles. The molecule has 0 aliphatic rings. The van der Waals surface area contributed by atoms with Crippen molar-refractivity contribution in [3.05, 3.63) is 47.7 Å². The van der Waals surface area contributed by atoms with Crippen molar-refractivity contribution in [3.63, 3.8) is 0 Å². The van der Waals surface area contributed by atoms with E-state index in [9.17, 15) is 4.79 Å². The predicted octanol–water partition coefficient (Wildman–Crippen LogP) is 4.15. The number of aromatic amines is 1. The second kappa shape index (κ2) is 7.33. The van der Waals surface area contributed by atoms with Gasteiger partial charge in [0.25, 0.3) is 0 Å². The van der Waals surface area contributed by atoms with Gasteiger partial charge >= 0.3 is 0 Å². The number of rotatable bonds is 5. The lowest BCUT2D eigenvalue weighted by atomic mass is 10.0. The number of nitrogens with zero attached hydrogens (tertiary/aromatic N) is 3. The Kier molecular flexibility index (Phi) is 4.84. The molecule has 3 heterocycles. The van der Waals surface area contributed by atoms with Gasteiger partial charge in [0.15, 0.2) is 5.82 Å². The van der Waals surface area contributed by atoms with Crippen molar-refractivity contribution >= 4 is 45.3 Å². The number of H-pyrrole nitrogens is 1. The van der Waals surface area contributed by atoms with Crippen molar-refractivity contribution in [2.75, 3.05) is 11.9 Å². The van der Waals surface area contributed by atoms with Crippen molar-refractivity contribution < 1.29 is 4.79 Å². The van der Waals surface area contributed by atoms with Crippen molar-refractivity contribution in [2.45, 2.75) is 26.3 Å². The molecule has 148 valence electrons. The van der Waals surface area contributed by atoms with E-state index in [1.165, 1.54) is 0 Å². The van der Waals surface area contributed by atoms with E-state index in [4.69, 9.17) is 21.6 Å². The number of halogens is 1. The monoisotopic (exact) mass is 408 g/mol. The number of carbonyl (C=O) groups excluding carboxylic acids is 1. The fraction of sp³-hybridized carbons (Fsp3) is 0.238. The van der Waals surface area contributed by atoms with E-state index in [0.29, 0.717) is 28.9 Å². The quantitative estimate of drug-likeness (QED) is 0.461. The lowest BCUT2D eigenvalue weighted by molar-refractivity contribution is -0.124. The maximum absolute atomic E-state index is 12.5. The van der Waals surface area contributed by atoms with E-state index in [-0.39, 0.29) is 5.91 Å². The van der Waals surface area contributed by atoms with E-state index < -0.39 is 5.54 Å². The summed E-state index contributed by atoms with van der Waals surface area (Å²) in [6.45, 7) is 6.10. The summed E-state index contributed by atoms with van der Waals surface area (Å²) in [5.74, 6) is 1.01. The Morgan fingerprint density at radius 3 is 2.79 bits per heavy atom. The summed E-state index contributed by atoms with van der Waals surface area (Å²) in [7, 11) is 0. The molecule has 0 aliphatic heterocycles. The molecule has 0 bridgehead atoms. The third-order valence-electron chi connectivity index (χ3n) is 4.68. The molecule has 1 aromatic carbocycles. The minimum Gasteiger partial charge on any atom is -0.356 e. The van der Waals surface area contributed by atoms with Crippen LogP contribution in [0.3, 0.4) is 0 Å². The number of carbonyl (C=O) groups is 1. The molecule has 4 rings (SSSR count). The number of aromatic nitrogens is 4. The van der Waals surface area contributed by atoms with Gasteiger partial charge in [-0.3, -0.25) is 4.79 Å². The lowest BCUT2D eigenvalue weighted by Gasteiger charge is -2.26. The summed E-state index contributed by atoms with van der Waals surface area (Å²) in [6, 6.07) is 9.53. The Labute approximate surface area is 172 Å². The van der Waals surface area contributed by atoms with Crippen LogP contribution in [0.5, 0.6) is 0 Å². The first-order valence-electron chi connectivity index (χ1n) is 9.35. The van der Waals surface area contributed by atoms with Crippen LogP contribution in [-0.2, 0) is 4.79 Å². The first kappa shape index (κ1) is 19.1. The Bertz CT molecular complexity index is 1220. The van der Waals surface area contributed by atoms with E-state index in [1.807, 2.05) is 57.3 Å². The number of hydrogen-bond donors (Lipinski definition) is 3. The Morgan fingerprint density at radius 1 is 1.21 bits per heavy atom. The molecule has 3 aromatic heterocycles.